The lowest BCUT2D eigenvalue weighted by Crippen LogP contribution is -2.17. The molecule has 38 heavy (non-hydrogen) atoms. The minimum atomic E-state index is -0.776. The van der Waals surface area contributed by atoms with Gasteiger partial charge in [0.05, 0.1) is 13.0 Å². The topological polar surface area (TPSA) is 77.9 Å². The second-order valence-corrected chi connectivity index (χ2v) is 11.0. The number of rotatable bonds is 10. The van der Waals surface area contributed by atoms with Crippen LogP contribution in [0.3, 0.4) is 0 Å². The van der Waals surface area contributed by atoms with Gasteiger partial charge in [-0.05, 0) is 72.2 Å². The lowest BCUT2D eigenvalue weighted by molar-refractivity contribution is -0.137. The summed E-state index contributed by atoms with van der Waals surface area (Å²) in [5, 5.41) is 9.16. The molecule has 2 atom stereocenters. The summed E-state index contributed by atoms with van der Waals surface area (Å²) in [6.45, 7) is 10.0. The Morgan fingerprint density at radius 3 is 2.74 bits per heavy atom. The maximum atomic E-state index is 11.2. The number of hydrogen-bond donors (Lipinski definition) is 1. The van der Waals surface area contributed by atoms with Gasteiger partial charge in [0.25, 0.3) is 0 Å². The summed E-state index contributed by atoms with van der Waals surface area (Å²) in [5.74, 6) is 1.48. The van der Waals surface area contributed by atoms with Crippen molar-refractivity contribution in [2.45, 2.75) is 62.9 Å². The molecule has 1 aromatic carbocycles. The number of fused-ring (bicyclic) bond motifs is 1. The van der Waals surface area contributed by atoms with Gasteiger partial charge in [-0.3, -0.25) is 4.79 Å². The Kier molecular flexibility index (Phi) is 9.69. The van der Waals surface area contributed by atoms with E-state index in [4.69, 9.17) is 19.3 Å². The molecule has 6 nitrogen and oxygen atoms in total. The summed E-state index contributed by atoms with van der Waals surface area (Å²) in [6, 6.07) is 6.16. The summed E-state index contributed by atoms with van der Waals surface area (Å²) in [7, 11) is 1.70. The molecular formula is C31H37NO5S. The van der Waals surface area contributed by atoms with Gasteiger partial charge in [-0.25, -0.2) is 4.98 Å². The van der Waals surface area contributed by atoms with Gasteiger partial charge < -0.3 is 19.3 Å². The first-order valence-electron chi connectivity index (χ1n) is 13.1. The van der Waals surface area contributed by atoms with Gasteiger partial charge in [-0.2, -0.15) is 0 Å². The zero-order valence-electron chi connectivity index (χ0n) is 22.5. The predicted octanol–water partition coefficient (Wildman–Crippen LogP) is 6.91. The number of benzene rings is 1. The van der Waals surface area contributed by atoms with E-state index in [-0.39, 0.29) is 18.4 Å². The van der Waals surface area contributed by atoms with E-state index in [1.54, 1.807) is 25.1 Å². The molecule has 7 heteroatoms. The second-order valence-electron chi connectivity index (χ2n) is 9.92. The van der Waals surface area contributed by atoms with Crippen LogP contribution >= 0.6 is 11.8 Å². The first-order valence-corrected chi connectivity index (χ1v) is 14.1. The number of methoxy groups -OCH3 is 1. The molecule has 0 bridgehead atoms. The van der Waals surface area contributed by atoms with Crippen LogP contribution in [0.25, 0.3) is 5.57 Å². The number of pyridine rings is 1. The van der Waals surface area contributed by atoms with Gasteiger partial charge in [0.15, 0.2) is 0 Å². The third-order valence-electron chi connectivity index (χ3n) is 6.94. The maximum absolute atomic E-state index is 11.2. The Labute approximate surface area is 229 Å². The second kappa shape index (κ2) is 13.2. The highest BCUT2D eigenvalue weighted by molar-refractivity contribution is 7.99. The summed E-state index contributed by atoms with van der Waals surface area (Å²) in [5.41, 5.74) is 6.79. The van der Waals surface area contributed by atoms with Crippen molar-refractivity contribution < 1.29 is 24.1 Å². The summed E-state index contributed by atoms with van der Waals surface area (Å²) >= 11 is 1.68. The van der Waals surface area contributed by atoms with Crippen molar-refractivity contribution in [3.05, 3.63) is 77.0 Å². The van der Waals surface area contributed by atoms with Crippen LogP contribution in [0.15, 0.2) is 59.7 Å². The number of carbonyl (C=O) groups is 1. The van der Waals surface area contributed by atoms with Crippen molar-refractivity contribution in [1.29, 1.82) is 0 Å². The number of carboxylic acid groups (broad SMARTS) is 1. The Balaban J connectivity index is 1.41. The third-order valence-corrected chi connectivity index (χ3v) is 8.18. The van der Waals surface area contributed by atoms with E-state index in [0.717, 1.165) is 58.8 Å². The van der Waals surface area contributed by atoms with Gasteiger partial charge in [0.2, 0.25) is 5.88 Å². The van der Waals surface area contributed by atoms with Crippen LogP contribution in [0.1, 0.15) is 60.3 Å². The Hall–Kier alpha value is -3.03. The number of allylic oxidation sites excluding steroid dienone is 4. The normalized spacial score (nSPS) is 21.4. The van der Waals surface area contributed by atoms with E-state index in [0.29, 0.717) is 19.1 Å². The van der Waals surface area contributed by atoms with Gasteiger partial charge in [0.1, 0.15) is 11.9 Å². The molecule has 1 N–H and O–H groups in total. The number of ether oxygens (including phenoxy) is 3. The fourth-order valence-electron chi connectivity index (χ4n) is 5.05. The molecule has 1 unspecified atom stereocenters. The minimum Gasteiger partial charge on any atom is -0.493 e. The molecule has 1 aliphatic heterocycles. The van der Waals surface area contributed by atoms with Crippen LogP contribution in [0, 0.1) is 13.8 Å². The fraction of sp³-hybridized carbons (Fsp3) is 0.419. The maximum Gasteiger partial charge on any atom is 0.303 e. The monoisotopic (exact) mass is 535 g/mol. The number of thioether (sulfide) groups is 1. The van der Waals surface area contributed by atoms with Crippen LogP contribution in [0.4, 0.5) is 0 Å². The van der Waals surface area contributed by atoms with Crippen LogP contribution < -0.4 is 9.47 Å². The zero-order chi connectivity index (χ0) is 27.1. The van der Waals surface area contributed by atoms with E-state index in [1.165, 1.54) is 16.7 Å². The summed E-state index contributed by atoms with van der Waals surface area (Å²) in [6.07, 6.45) is 11.6. The molecule has 2 aromatic rings. The van der Waals surface area contributed by atoms with Crippen molar-refractivity contribution in [2.75, 3.05) is 26.1 Å². The molecular weight excluding hydrogens is 498 g/mol. The van der Waals surface area contributed by atoms with Crippen molar-refractivity contribution in [3.63, 3.8) is 0 Å². The number of aliphatic carboxylic acids is 1. The molecule has 2 aliphatic rings. The predicted molar refractivity (Wildman–Crippen MR) is 152 cm³/mol. The first kappa shape index (κ1) is 28.0. The highest BCUT2D eigenvalue weighted by Gasteiger charge is 2.27. The molecule has 0 saturated carbocycles. The molecule has 1 aromatic heterocycles. The average Bonchev–Trinajstić information content (AvgIpc) is 3.29. The average molecular weight is 536 g/mol. The molecule has 0 fully saturated rings. The van der Waals surface area contributed by atoms with Crippen LogP contribution in [0.5, 0.6) is 11.6 Å². The van der Waals surface area contributed by atoms with E-state index in [1.807, 2.05) is 6.07 Å². The Morgan fingerprint density at radius 1 is 1.21 bits per heavy atom. The molecule has 2 heterocycles. The minimum absolute atomic E-state index is 0.0120. The van der Waals surface area contributed by atoms with Gasteiger partial charge in [0, 0.05) is 55.4 Å². The lowest BCUT2D eigenvalue weighted by atomic mass is 9.89. The van der Waals surface area contributed by atoms with Gasteiger partial charge in [-0.1, -0.05) is 24.8 Å². The molecule has 4 rings (SSSR count). The lowest BCUT2D eigenvalue weighted by Gasteiger charge is -2.20. The highest BCUT2D eigenvalue weighted by atomic mass is 32.2. The molecule has 0 spiro atoms. The van der Waals surface area contributed by atoms with Gasteiger partial charge in [-0.15, -0.1) is 11.8 Å². The van der Waals surface area contributed by atoms with Crippen molar-refractivity contribution in [3.8, 4) is 11.6 Å². The highest BCUT2D eigenvalue weighted by Crippen LogP contribution is 2.42. The molecule has 1 aliphatic carbocycles. The number of hydrogen-bond acceptors (Lipinski definition) is 6. The number of aromatic nitrogens is 1. The number of aryl methyl sites for hydroxylation is 2. The summed E-state index contributed by atoms with van der Waals surface area (Å²) in [4.78, 5) is 16.7. The van der Waals surface area contributed by atoms with Crippen molar-refractivity contribution >= 4 is 23.3 Å². The van der Waals surface area contributed by atoms with Crippen molar-refractivity contribution in [1.82, 2.24) is 4.98 Å². The molecule has 0 amide bonds. The molecule has 0 radical (unpaired) electrons. The summed E-state index contributed by atoms with van der Waals surface area (Å²) < 4.78 is 17.4. The SMILES string of the molecule is C=C1CCC(Oc2cc3c(cn2)[C@H](CC(=O)O)CS3)C/C=C\C=C/1c1c(C)cc(OCCCOC)cc1C. The third kappa shape index (κ3) is 7.08. The number of nitrogens with zero attached hydrogens (tertiary/aromatic N) is 1. The van der Waals surface area contributed by atoms with E-state index in [2.05, 4.69) is 55.8 Å². The Bertz CT molecular complexity index is 1210. The fourth-order valence-corrected chi connectivity index (χ4v) is 6.30. The van der Waals surface area contributed by atoms with Crippen LogP contribution in [-0.2, 0) is 9.53 Å². The first-order chi connectivity index (χ1) is 18.4. The quantitative estimate of drug-likeness (QED) is 0.331. The molecule has 0 saturated heterocycles. The van der Waals surface area contributed by atoms with Crippen molar-refractivity contribution in [2.24, 2.45) is 0 Å². The van der Waals surface area contributed by atoms with Gasteiger partial charge >= 0.3 is 5.97 Å². The molecule has 202 valence electrons. The standard InChI is InChI=1S/C31H37NO5S/c1-20-10-11-24(37-29-17-28-27(18-32-29)23(19-38-28)16-30(33)34)8-5-6-9-26(20)31-21(2)14-25(15-22(31)3)36-13-7-12-35-4/h5-6,9,14-15,17-18,23-24H,1,7-8,10-13,16,19H2,2-4H3,(H,33,34)/b6-5-,26-9+/t23-,24?/m1/s1. The zero-order valence-corrected chi connectivity index (χ0v) is 23.3. The number of carboxylic acids is 1. The largest absolute Gasteiger partial charge is 0.493 e. The van der Waals surface area contributed by atoms with Crippen LogP contribution in [-0.4, -0.2) is 48.2 Å². The smallest absolute Gasteiger partial charge is 0.303 e. The van der Waals surface area contributed by atoms with Crippen LogP contribution in [0.2, 0.25) is 0 Å². The van der Waals surface area contributed by atoms with E-state index >= 15 is 0 Å². The Morgan fingerprint density at radius 2 is 2.00 bits per heavy atom. The van der Waals surface area contributed by atoms with E-state index < -0.39 is 5.97 Å². The van der Waals surface area contributed by atoms with E-state index in [9.17, 15) is 4.79 Å².